The Kier molecular flexibility index (Phi) is 4.33. The molecule has 5 rings (SSSR count). The van der Waals surface area contributed by atoms with Crippen LogP contribution in [0, 0.1) is 26.7 Å². The van der Waals surface area contributed by atoms with Crippen LogP contribution >= 0.6 is 0 Å². The molecule has 4 heterocycles. The van der Waals surface area contributed by atoms with Crippen molar-refractivity contribution in [2.24, 2.45) is 5.92 Å². The van der Waals surface area contributed by atoms with Crippen molar-refractivity contribution in [3.8, 4) is 5.69 Å². The van der Waals surface area contributed by atoms with E-state index in [1.54, 1.807) is 0 Å². The summed E-state index contributed by atoms with van der Waals surface area (Å²) in [6.45, 7) is 7.33. The minimum absolute atomic E-state index is 0.0387. The average Bonchev–Trinajstić information content (AvgIpc) is 2.83. The van der Waals surface area contributed by atoms with Crippen LogP contribution in [-0.2, 0) is 4.79 Å². The molecule has 0 spiro atoms. The van der Waals surface area contributed by atoms with Crippen molar-refractivity contribution < 1.29 is 9.59 Å². The molecule has 5 nitrogen and oxygen atoms in total. The van der Waals surface area contributed by atoms with Gasteiger partial charge in [-0.3, -0.25) is 9.59 Å². The second-order valence-electron chi connectivity index (χ2n) is 7.99. The predicted octanol–water partition coefficient (Wildman–Crippen LogP) is 3.10. The number of carbonyl (C=O) groups excluding carboxylic acids is 2. The van der Waals surface area contributed by atoms with Crippen LogP contribution in [0.4, 0.5) is 0 Å². The number of amides is 2. The molecule has 3 fully saturated rings. The van der Waals surface area contributed by atoms with Gasteiger partial charge in [-0.1, -0.05) is 6.07 Å². The van der Waals surface area contributed by atoms with Crippen LogP contribution in [-0.4, -0.2) is 52.4 Å². The molecule has 142 valence electrons. The summed E-state index contributed by atoms with van der Waals surface area (Å²) in [5.41, 5.74) is 5.07. The van der Waals surface area contributed by atoms with E-state index < -0.39 is 0 Å². The van der Waals surface area contributed by atoms with Gasteiger partial charge in [0.25, 0.3) is 5.91 Å². The third kappa shape index (κ3) is 2.85. The first-order chi connectivity index (χ1) is 12.9. The van der Waals surface area contributed by atoms with Crippen LogP contribution in [0.1, 0.15) is 40.2 Å². The molecule has 0 aliphatic carbocycles. The number of rotatable bonds is 2. The van der Waals surface area contributed by atoms with E-state index in [-0.39, 0.29) is 23.8 Å². The molecular formula is C22H27N3O2. The molecule has 0 saturated carbocycles. The quantitative estimate of drug-likeness (QED) is 0.821. The standard InChI is InChI=1S/C22H27N3O2/c1-14-8-9-15(2)25(14)20-7-5-6-19(16(20)3)22(27)24-12-17-10-11-18(13-24)23(4)21(17)26/h5-9,17-18H,10-13H2,1-4H3/t17-,18+/m0/s1. The second-order valence-corrected chi connectivity index (χ2v) is 7.99. The van der Waals surface area contributed by atoms with Crippen molar-refractivity contribution in [1.29, 1.82) is 0 Å². The van der Waals surface area contributed by atoms with Crippen molar-refractivity contribution in [3.05, 3.63) is 52.8 Å². The van der Waals surface area contributed by atoms with E-state index in [9.17, 15) is 9.59 Å². The van der Waals surface area contributed by atoms with Crippen molar-refractivity contribution in [2.45, 2.75) is 39.7 Å². The van der Waals surface area contributed by atoms with Gasteiger partial charge in [-0.25, -0.2) is 0 Å². The Bertz CT molecular complexity index is 895. The molecule has 3 saturated heterocycles. The Morgan fingerprint density at radius 2 is 1.70 bits per heavy atom. The molecule has 27 heavy (non-hydrogen) atoms. The van der Waals surface area contributed by atoms with Crippen LogP contribution in [0.25, 0.3) is 5.69 Å². The highest BCUT2D eigenvalue weighted by Crippen LogP contribution is 2.30. The van der Waals surface area contributed by atoms with E-state index in [0.717, 1.165) is 41.0 Å². The molecule has 2 atom stereocenters. The topological polar surface area (TPSA) is 45.6 Å². The molecule has 0 unspecified atom stereocenters. The van der Waals surface area contributed by atoms with Gasteiger partial charge in [-0.05, 0) is 63.4 Å². The van der Waals surface area contributed by atoms with Gasteiger partial charge in [0.2, 0.25) is 5.91 Å². The maximum atomic E-state index is 13.4. The molecule has 2 aromatic rings. The van der Waals surface area contributed by atoms with Crippen molar-refractivity contribution in [3.63, 3.8) is 0 Å². The lowest BCUT2D eigenvalue weighted by molar-refractivity contribution is -0.138. The van der Waals surface area contributed by atoms with Gasteiger partial charge < -0.3 is 14.4 Å². The fourth-order valence-electron chi connectivity index (χ4n) is 4.64. The predicted molar refractivity (Wildman–Crippen MR) is 105 cm³/mol. The number of hydrogen-bond acceptors (Lipinski definition) is 2. The van der Waals surface area contributed by atoms with Gasteiger partial charge in [0.15, 0.2) is 0 Å². The van der Waals surface area contributed by atoms with Crippen molar-refractivity contribution in [1.82, 2.24) is 14.4 Å². The molecule has 3 aliphatic rings. The van der Waals surface area contributed by atoms with E-state index in [0.29, 0.717) is 13.1 Å². The lowest BCUT2D eigenvalue weighted by atomic mass is 9.95. The number of benzene rings is 1. The van der Waals surface area contributed by atoms with E-state index in [4.69, 9.17) is 0 Å². The highest BCUT2D eigenvalue weighted by molar-refractivity contribution is 5.97. The zero-order valence-corrected chi connectivity index (χ0v) is 16.5. The summed E-state index contributed by atoms with van der Waals surface area (Å²) in [4.78, 5) is 29.6. The lowest BCUT2D eigenvalue weighted by Gasteiger charge is -2.32. The van der Waals surface area contributed by atoms with Crippen LogP contribution in [0.2, 0.25) is 0 Å². The first-order valence-electron chi connectivity index (χ1n) is 9.69. The van der Waals surface area contributed by atoms with Crippen LogP contribution in [0.5, 0.6) is 0 Å². The number of fused-ring (bicyclic) bond motifs is 4. The van der Waals surface area contributed by atoms with Gasteiger partial charge in [-0.2, -0.15) is 0 Å². The summed E-state index contributed by atoms with van der Waals surface area (Å²) >= 11 is 0. The first-order valence-corrected chi connectivity index (χ1v) is 9.69. The molecule has 2 amide bonds. The summed E-state index contributed by atoms with van der Waals surface area (Å²) in [6, 6.07) is 10.3. The SMILES string of the molecule is Cc1c(C(=O)N2C[C@@H]3CC[C@H](C2)N(C)C3=O)cccc1-n1c(C)ccc1C. The number of aryl methyl sites for hydroxylation is 2. The Hall–Kier alpha value is -2.56. The summed E-state index contributed by atoms with van der Waals surface area (Å²) in [5, 5.41) is 0. The molecule has 2 bridgehead atoms. The van der Waals surface area contributed by atoms with Gasteiger partial charge in [-0.15, -0.1) is 0 Å². The smallest absolute Gasteiger partial charge is 0.254 e. The Morgan fingerprint density at radius 3 is 2.41 bits per heavy atom. The highest BCUT2D eigenvalue weighted by Gasteiger charge is 2.40. The molecule has 0 radical (unpaired) electrons. The van der Waals surface area contributed by atoms with Gasteiger partial charge >= 0.3 is 0 Å². The summed E-state index contributed by atoms with van der Waals surface area (Å²) in [5.74, 6) is 0.164. The minimum Gasteiger partial charge on any atom is -0.341 e. The Morgan fingerprint density at radius 1 is 1.00 bits per heavy atom. The highest BCUT2D eigenvalue weighted by atomic mass is 16.2. The van der Waals surface area contributed by atoms with E-state index in [2.05, 4.69) is 36.6 Å². The van der Waals surface area contributed by atoms with Gasteiger partial charge in [0, 0.05) is 48.8 Å². The molecule has 5 heteroatoms. The van der Waals surface area contributed by atoms with Crippen LogP contribution in [0.15, 0.2) is 30.3 Å². The van der Waals surface area contributed by atoms with Gasteiger partial charge in [0.05, 0.1) is 5.92 Å². The maximum Gasteiger partial charge on any atom is 0.254 e. The third-order valence-electron chi connectivity index (χ3n) is 6.30. The average molecular weight is 365 g/mol. The second kappa shape index (κ2) is 6.55. The monoisotopic (exact) mass is 365 g/mol. The summed E-state index contributed by atoms with van der Waals surface area (Å²) < 4.78 is 2.19. The molecule has 0 N–H and O–H groups in total. The lowest BCUT2D eigenvalue weighted by Crippen LogP contribution is -2.45. The van der Waals surface area contributed by atoms with Gasteiger partial charge in [0.1, 0.15) is 0 Å². The fraction of sp³-hybridized carbons (Fsp3) is 0.455. The molecule has 1 aromatic heterocycles. The van der Waals surface area contributed by atoms with E-state index >= 15 is 0 Å². The normalized spacial score (nSPS) is 22.3. The first kappa shape index (κ1) is 17.8. The number of carbonyl (C=O) groups is 2. The molecular weight excluding hydrogens is 338 g/mol. The van der Waals surface area contributed by atoms with E-state index in [1.165, 1.54) is 0 Å². The molecule has 3 aliphatic heterocycles. The Balaban J connectivity index is 1.69. The maximum absolute atomic E-state index is 13.4. The van der Waals surface area contributed by atoms with Crippen LogP contribution < -0.4 is 0 Å². The number of likely N-dealkylation sites (N-methyl/N-ethyl adjacent to an activating group) is 1. The van der Waals surface area contributed by atoms with Crippen molar-refractivity contribution in [2.75, 3.05) is 20.1 Å². The van der Waals surface area contributed by atoms with Crippen LogP contribution in [0.3, 0.4) is 0 Å². The Labute approximate surface area is 160 Å². The largest absolute Gasteiger partial charge is 0.341 e. The third-order valence-corrected chi connectivity index (χ3v) is 6.30. The molecule has 1 aromatic carbocycles. The zero-order chi connectivity index (χ0) is 19.3. The fourth-order valence-corrected chi connectivity index (χ4v) is 4.64. The zero-order valence-electron chi connectivity index (χ0n) is 16.5. The summed E-state index contributed by atoms with van der Waals surface area (Å²) in [7, 11) is 1.87. The minimum atomic E-state index is -0.0601. The number of nitrogens with zero attached hydrogens (tertiary/aromatic N) is 3. The number of hydrogen-bond donors (Lipinski definition) is 0. The summed E-state index contributed by atoms with van der Waals surface area (Å²) in [6.07, 6.45) is 1.87. The van der Waals surface area contributed by atoms with E-state index in [1.807, 2.05) is 35.9 Å². The van der Waals surface area contributed by atoms with Crippen molar-refractivity contribution >= 4 is 11.8 Å². The number of aromatic nitrogens is 1. The number of piperidine rings is 1.